The van der Waals surface area contributed by atoms with Crippen molar-refractivity contribution in [3.05, 3.63) is 65.5 Å². The first-order valence-corrected chi connectivity index (χ1v) is 13.7. The van der Waals surface area contributed by atoms with Crippen molar-refractivity contribution in [1.29, 1.82) is 0 Å². The van der Waals surface area contributed by atoms with Crippen LogP contribution in [0, 0.1) is 12.8 Å². The minimum Gasteiger partial charge on any atom is -0.454 e. The Hall–Kier alpha value is -2.70. The molecule has 2 bridgehead atoms. The van der Waals surface area contributed by atoms with Crippen molar-refractivity contribution in [3.63, 3.8) is 0 Å². The van der Waals surface area contributed by atoms with Crippen LogP contribution in [0.4, 0.5) is 0 Å². The number of rotatable bonds is 6. The number of carbonyl (C=O) groups excluding carboxylic acids is 1. The molecule has 4 saturated heterocycles. The molecule has 6 nitrogen and oxygen atoms in total. The standard InChI is InChI=1S/C30H38N3O3/c1-22-11-12-26-25(19-22)31-28(35-26)21-33-17-13-23(14-18-33)27(20-33)36-29(34)30(2,24-9-5-3-6-10-24)32-15-7-4-8-16-32/h3,5-6,9-12,19,23,27H,4,7-8,13-18,20-21H2,1-2H3/q+1. The van der Waals surface area contributed by atoms with Gasteiger partial charge < -0.3 is 13.6 Å². The van der Waals surface area contributed by atoms with E-state index in [1.165, 1.54) is 12.0 Å². The summed E-state index contributed by atoms with van der Waals surface area (Å²) in [4.78, 5) is 21.2. The fourth-order valence-electron chi connectivity index (χ4n) is 6.80. The van der Waals surface area contributed by atoms with Crippen LogP contribution in [0.5, 0.6) is 0 Å². The molecule has 190 valence electrons. The molecule has 0 N–H and O–H groups in total. The number of carbonyl (C=O) groups is 1. The number of aromatic nitrogens is 1. The lowest BCUT2D eigenvalue weighted by Gasteiger charge is -2.52. The largest absolute Gasteiger partial charge is 0.454 e. The number of likely N-dealkylation sites (tertiary alicyclic amines) is 1. The zero-order chi connectivity index (χ0) is 24.8. The van der Waals surface area contributed by atoms with Crippen molar-refractivity contribution < 1.29 is 18.4 Å². The number of ether oxygens (including phenoxy) is 1. The average molecular weight is 489 g/mol. The van der Waals surface area contributed by atoms with Gasteiger partial charge in [-0.3, -0.25) is 4.90 Å². The van der Waals surface area contributed by atoms with Crippen LogP contribution in [-0.4, -0.2) is 59.2 Å². The number of nitrogens with zero attached hydrogens (tertiary/aromatic N) is 3. The van der Waals surface area contributed by atoms with Crippen LogP contribution < -0.4 is 0 Å². The number of hydrogen-bond donors (Lipinski definition) is 0. The van der Waals surface area contributed by atoms with Crippen LogP contribution in [0.2, 0.25) is 0 Å². The molecule has 2 unspecified atom stereocenters. The third-order valence-corrected chi connectivity index (χ3v) is 9.08. The minimum absolute atomic E-state index is 0.0561. The van der Waals surface area contributed by atoms with E-state index >= 15 is 0 Å². The van der Waals surface area contributed by atoms with E-state index in [2.05, 4.69) is 43.0 Å². The van der Waals surface area contributed by atoms with E-state index in [0.29, 0.717) is 5.92 Å². The predicted octanol–water partition coefficient (Wildman–Crippen LogP) is 5.19. The second kappa shape index (κ2) is 9.31. The molecule has 0 amide bonds. The van der Waals surface area contributed by atoms with Gasteiger partial charge in [-0.15, -0.1) is 0 Å². The SMILES string of the molecule is Cc1ccc2oc(C[N+]34CCC(CC3)C(OC(=O)C(C)(c3ccccc3)N3CCCCC3)C4)nc2c1. The number of aryl methyl sites for hydroxylation is 1. The number of hydrogen-bond acceptors (Lipinski definition) is 5. The smallest absolute Gasteiger partial charge is 0.331 e. The molecule has 0 radical (unpaired) electrons. The first-order chi connectivity index (χ1) is 17.5. The summed E-state index contributed by atoms with van der Waals surface area (Å²) in [6.07, 6.45) is 5.61. The average Bonchev–Trinajstić information content (AvgIpc) is 3.30. The minimum atomic E-state index is -0.753. The Bertz CT molecular complexity index is 1220. The Balaban J connectivity index is 1.22. The van der Waals surface area contributed by atoms with E-state index in [9.17, 15) is 4.79 Å². The van der Waals surface area contributed by atoms with E-state index in [-0.39, 0.29) is 12.1 Å². The molecule has 4 aliphatic heterocycles. The molecule has 5 heterocycles. The van der Waals surface area contributed by atoms with Gasteiger partial charge in [0.15, 0.2) is 18.2 Å². The number of quaternary nitrogens is 1. The molecule has 7 rings (SSSR count). The molecular weight excluding hydrogens is 450 g/mol. The zero-order valence-corrected chi connectivity index (χ0v) is 21.6. The first-order valence-electron chi connectivity index (χ1n) is 13.7. The van der Waals surface area contributed by atoms with Crippen LogP contribution in [-0.2, 0) is 21.6 Å². The Kier molecular flexibility index (Phi) is 6.12. The Labute approximate surface area is 213 Å². The molecule has 4 fully saturated rings. The molecule has 6 heteroatoms. The quantitative estimate of drug-likeness (QED) is 0.353. The van der Waals surface area contributed by atoms with Crippen molar-refractivity contribution in [2.75, 3.05) is 32.7 Å². The molecule has 4 aliphatic rings. The van der Waals surface area contributed by atoms with Gasteiger partial charge in [0.05, 0.1) is 13.1 Å². The molecule has 1 aromatic heterocycles. The maximum atomic E-state index is 14.0. The van der Waals surface area contributed by atoms with Crippen LogP contribution in [0.25, 0.3) is 11.1 Å². The second-order valence-corrected chi connectivity index (χ2v) is 11.5. The van der Waals surface area contributed by atoms with Crippen molar-refractivity contribution in [1.82, 2.24) is 9.88 Å². The summed E-state index contributed by atoms with van der Waals surface area (Å²) in [6.45, 7) is 9.82. The molecule has 0 spiro atoms. The Morgan fingerprint density at radius 2 is 1.86 bits per heavy atom. The molecule has 3 aromatic rings. The van der Waals surface area contributed by atoms with Crippen LogP contribution in [0.1, 0.15) is 56.0 Å². The molecule has 36 heavy (non-hydrogen) atoms. The van der Waals surface area contributed by atoms with E-state index in [1.807, 2.05) is 24.3 Å². The van der Waals surface area contributed by atoms with Gasteiger partial charge >= 0.3 is 5.97 Å². The summed E-state index contributed by atoms with van der Waals surface area (Å²) in [5.41, 5.74) is 3.25. The lowest BCUT2D eigenvalue weighted by Crippen LogP contribution is -2.64. The molecule has 0 saturated carbocycles. The third-order valence-electron chi connectivity index (χ3n) is 9.08. The van der Waals surface area contributed by atoms with Crippen LogP contribution in [0.15, 0.2) is 52.9 Å². The first kappa shape index (κ1) is 23.7. The van der Waals surface area contributed by atoms with Crippen molar-refractivity contribution in [2.24, 2.45) is 5.92 Å². The molecule has 2 aromatic carbocycles. The number of piperidine rings is 4. The van der Waals surface area contributed by atoms with Crippen LogP contribution >= 0.6 is 0 Å². The van der Waals surface area contributed by atoms with Crippen molar-refractivity contribution in [2.45, 2.75) is 64.1 Å². The Morgan fingerprint density at radius 3 is 2.61 bits per heavy atom. The normalized spacial score (nSPS) is 28.2. The highest BCUT2D eigenvalue weighted by Crippen LogP contribution is 2.40. The van der Waals surface area contributed by atoms with Crippen molar-refractivity contribution in [3.8, 4) is 0 Å². The highest BCUT2D eigenvalue weighted by Gasteiger charge is 2.51. The maximum Gasteiger partial charge on any atom is 0.331 e. The molecule has 2 atom stereocenters. The summed E-state index contributed by atoms with van der Waals surface area (Å²) < 4.78 is 13.5. The van der Waals surface area contributed by atoms with E-state index in [1.54, 1.807) is 0 Å². The summed E-state index contributed by atoms with van der Waals surface area (Å²) in [5.74, 6) is 1.15. The van der Waals surface area contributed by atoms with Gasteiger partial charge in [-0.05, 0) is 63.0 Å². The van der Waals surface area contributed by atoms with Gasteiger partial charge in [-0.1, -0.05) is 42.8 Å². The van der Waals surface area contributed by atoms with Gasteiger partial charge in [-0.25, -0.2) is 9.78 Å². The van der Waals surface area contributed by atoms with E-state index in [0.717, 1.165) is 92.0 Å². The van der Waals surface area contributed by atoms with Gasteiger partial charge in [0, 0.05) is 18.8 Å². The number of esters is 1. The van der Waals surface area contributed by atoms with Gasteiger partial charge in [0.2, 0.25) is 0 Å². The van der Waals surface area contributed by atoms with Crippen LogP contribution in [0.3, 0.4) is 0 Å². The fourth-order valence-corrected chi connectivity index (χ4v) is 6.80. The number of oxazole rings is 1. The van der Waals surface area contributed by atoms with Gasteiger partial charge in [0.25, 0.3) is 5.89 Å². The maximum absolute atomic E-state index is 14.0. The lowest BCUT2D eigenvalue weighted by atomic mass is 9.82. The van der Waals surface area contributed by atoms with Gasteiger partial charge in [-0.2, -0.15) is 0 Å². The molecule has 0 aliphatic carbocycles. The second-order valence-electron chi connectivity index (χ2n) is 11.5. The fraction of sp³-hybridized carbons (Fsp3) is 0.533. The molecular formula is C30H38N3O3+. The Morgan fingerprint density at radius 1 is 1.11 bits per heavy atom. The summed E-state index contributed by atoms with van der Waals surface area (Å²) in [6, 6.07) is 16.4. The summed E-state index contributed by atoms with van der Waals surface area (Å²) in [7, 11) is 0. The predicted molar refractivity (Wildman–Crippen MR) is 139 cm³/mol. The summed E-state index contributed by atoms with van der Waals surface area (Å²) >= 11 is 0. The van der Waals surface area contributed by atoms with Gasteiger partial charge in [0.1, 0.15) is 17.6 Å². The summed E-state index contributed by atoms with van der Waals surface area (Å²) in [5, 5.41) is 0. The monoisotopic (exact) mass is 488 g/mol. The van der Waals surface area contributed by atoms with E-state index < -0.39 is 5.54 Å². The topological polar surface area (TPSA) is 55.6 Å². The lowest BCUT2D eigenvalue weighted by molar-refractivity contribution is -0.959. The zero-order valence-electron chi connectivity index (χ0n) is 21.6. The number of fused-ring (bicyclic) bond motifs is 4. The number of benzene rings is 2. The highest BCUT2D eigenvalue weighted by molar-refractivity contribution is 5.82. The highest BCUT2D eigenvalue weighted by atomic mass is 16.5. The van der Waals surface area contributed by atoms with Crippen molar-refractivity contribution >= 4 is 17.1 Å². The third kappa shape index (κ3) is 4.24. The van der Waals surface area contributed by atoms with E-state index in [4.69, 9.17) is 14.1 Å².